The number of rotatable bonds is 4. The van der Waals surface area contributed by atoms with Crippen molar-refractivity contribution in [3.05, 3.63) is 34.2 Å². The number of hydrogen-bond donors (Lipinski definition) is 1. The number of aromatic nitrogens is 1. The first-order valence-corrected chi connectivity index (χ1v) is 7.06. The Bertz CT molecular complexity index is 438. The summed E-state index contributed by atoms with van der Waals surface area (Å²) < 4.78 is 1.80. The van der Waals surface area contributed by atoms with E-state index in [9.17, 15) is 4.79 Å². The second-order valence-electron chi connectivity index (χ2n) is 5.61. The zero-order valence-electron chi connectivity index (χ0n) is 11.5. The van der Waals surface area contributed by atoms with Crippen LogP contribution in [0.5, 0.6) is 0 Å². The molecule has 1 aromatic heterocycles. The first-order valence-electron chi connectivity index (χ1n) is 7.06. The van der Waals surface area contributed by atoms with E-state index in [1.807, 2.05) is 25.3 Å². The van der Waals surface area contributed by atoms with E-state index in [2.05, 4.69) is 12.2 Å². The Labute approximate surface area is 109 Å². The van der Waals surface area contributed by atoms with Gasteiger partial charge in [-0.25, -0.2) is 0 Å². The Balaban J connectivity index is 1.81. The molecule has 3 nitrogen and oxygen atoms in total. The molecule has 0 amide bonds. The third-order valence-electron chi connectivity index (χ3n) is 3.93. The molecule has 2 rings (SSSR count). The zero-order chi connectivity index (χ0) is 13.0. The van der Waals surface area contributed by atoms with Crippen LogP contribution in [-0.4, -0.2) is 17.2 Å². The van der Waals surface area contributed by atoms with Gasteiger partial charge in [-0.1, -0.05) is 25.8 Å². The van der Waals surface area contributed by atoms with E-state index in [0.29, 0.717) is 6.04 Å². The highest BCUT2D eigenvalue weighted by atomic mass is 16.1. The molecule has 0 radical (unpaired) electrons. The van der Waals surface area contributed by atoms with Crippen molar-refractivity contribution in [2.24, 2.45) is 5.92 Å². The Morgan fingerprint density at radius 3 is 3.06 bits per heavy atom. The summed E-state index contributed by atoms with van der Waals surface area (Å²) >= 11 is 0. The fourth-order valence-electron chi connectivity index (χ4n) is 2.84. The third kappa shape index (κ3) is 3.45. The Hall–Kier alpha value is -1.09. The molecule has 1 aliphatic rings. The fourth-order valence-corrected chi connectivity index (χ4v) is 2.84. The van der Waals surface area contributed by atoms with Gasteiger partial charge < -0.3 is 9.88 Å². The van der Waals surface area contributed by atoms with Gasteiger partial charge in [0.2, 0.25) is 0 Å². The zero-order valence-corrected chi connectivity index (χ0v) is 11.5. The van der Waals surface area contributed by atoms with Gasteiger partial charge in [-0.05, 0) is 31.7 Å². The average molecular weight is 248 g/mol. The van der Waals surface area contributed by atoms with Crippen LogP contribution in [0.4, 0.5) is 0 Å². The van der Waals surface area contributed by atoms with Crippen molar-refractivity contribution in [2.75, 3.05) is 6.54 Å². The summed E-state index contributed by atoms with van der Waals surface area (Å²) in [5, 5.41) is 3.59. The molecule has 1 N–H and O–H groups in total. The van der Waals surface area contributed by atoms with E-state index < -0.39 is 0 Å². The van der Waals surface area contributed by atoms with Gasteiger partial charge in [-0.15, -0.1) is 0 Å². The molecule has 1 aliphatic carbocycles. The molecule has 2 unspecified atom stereocenters. The standard InChI is InChI=1S/C15H24N2O/c1-12-5-3-7-14(11-12)16-8-10-17-9-4-6-13(2)15(17)18/h4,6,9,12,14,16H,3,5,7-8,10-11H2,1-2H3. The van der Waals surface area contributed by atoms with Gasteiger partial charge in [0.1, 0.15) is 0 Å². The lowest BCUT2D eigenvalue weighted by Gasteiger charge is -2.27. The fraction of sp³-hybridized carbons (Fsp3) is 0.667. The Morgan fingerprint density at radius 1 is 1.44 bits per heavy atom. The van der Waals surface area contributed by atoms with Gasteiger partial charge in [0.05, 0.1) is 0 Å². The van der Waals surface area contributed by atoms with Crippen molar-refractivity contribution < 1.29 is 0 Å². The maximum atomic E-state index is 11.8. The minimum Gasteiger partial charge on any atom is -0.314 e. The average Bonchev–Trinajstić information content (AvgIpc) is 2.35. The topological polar surface area (TPSA) is 34.0 Å². The highest BCUT2D eigenvalue weighted by molar-refractivity contribution is 5.07. The van der Waals surface area contributed by atoms with E-state index in [0.717, 1.165) is 24.6 Å². The van der Waals surface area contributed by atoms with E-state index in [1.54, 1.807) is 4.57 Å². The van der Waals surface area contributed by atoms with Crippen molar-refractivity contribution in [1.29, 1.82) is 0 Å². The lowest BCUT2D eigenvalue weighted by Crippen LogP contribution is -2.37. The summed E-state index contributed by atoms with van der Waals surface area (Å²) in [5.41, 5.74) is 0.958. The van der Waals surface area contributed by atoms with Crippen LogP contribution in [0.2, 0.25) is 0 Å². The van der Waals surface area contributed by atoms with Crippen LogP contribution < -0.4 is 10.9 Å². The molecule has 1 fully saturated rings. The van der Waals surface area contributed by atoms with Crippen molar-refractivity contribution in [2.45, 2.75) is 52.1 Å². The van der Waals surface area contributed by atoms with Crippen LogP contribution in [0, 0.1) is 12.8 Å². The Kier molecular flexibility index (Phi) is 4.59. The summed E-state index contributed by atoms with van der Waals surface area (Å²) in [7, 11) is 0. The molecule has 1 aromatic rings. The molecule has 18 heavy (non-hydrogen) atoms. The summed E-state index contributed by atoms with van der Waals surface area (Å²) in [6.07, 6.45) is 7.15. The number of nitrogens with one attached hydrogen (secondary N) is 1. The van der Waals surface area contributed by atoms with Crippen LogP contribution in [0.25, 0.3) is 0 Å². The van der Waals surface area contributed by atoms with Crippen molar-refractivity contribution in [1.82, 2.24) is 9.88 Å². The van der Waals surface area contributed by atoms with Crippen LogP contribution in [0.15, 0.2) is 23.1 Å². The van der Waals surface area contributed by atoms with Gasteiger partial charge in [0.25, 0.3) is 5.56 Å². The van der Waals surface area contributed by atoms with Crippen LogP contribution in [0.1, 0.15) is 38.2 Å². The molecule has 0 saturated heterocycles. The molecule has 3 heteroatoms. The highest BCUT2D eigenvalue weighted by Crippen LogP contribution is 2.23. The summed E-state index contributed by atoms with van der Waals surface area (Å²) in [4.78, 5) is 11.8. The number of nitrogens with zero attached hydrogens (tertiary/aromatic N) is 1. The maximum absolute atomic E-state index is 11.8. The van der Waals surface area contributed by atoms with Crippen LogP contribution in [0.3, 0.4) is 0 Å². The Morgan fingerprint density at radius 2 is 2.28 bits per heavy atom. The molecule has 0 bridgehead atoms. The quantitative estimate of drug-likeness (QED) is 0.887. The van der Waals surface area contributed by atoms with E-state index in [-0.39, 0.29) is 5.56 Å². The van der Waals surface area contributed by atoms with Gasteiger partial charge in [0, 0.05) is 30.9 Å². The molecule has 0 spiro atoms. The highest BCUT2D eigenvalue weighted by Gasteiger charge is 2.17. The summed E-state index contributed by atoms with van der Waals surface area (Å²) in [6, 6.07) is 4.46. The third-order valence-corrected chi connectivity index (χ3v) is 3.93. The van der Waals surface area contributed by atoms with Crippen molar-refractivity contribution in [3.8, 4) is 0 Å². The molecular formula is C15H24N2O. The molecule has 100 valence electrons. The molecule has 2 atom stereocenters. The van der Waals surface area contributed by atoms with Gasteiger partial charge in [-0.2, -0.15) is 0 Å². The monoisotopic (exact) mass is 248 g/mol. The van der Waals surface area contributed by atoms with Gasteiger partial charge >= 0.3 is 0 Å². The summed E-state index contributed by atoms with van der Waals surface area (Å²) in [6.45, 7) is 5.86. The lowest BCUT2D eigenvalue weighted by atomic mass is 9.87. The summed E-state index contributed by atoms with van der Waals surface area (Å²) in [5.74, 6) is 0.845. The second kappa shape index (κ2) is 6.19. The number of aryl methyl sites for hydroxylation is 1. The maximum Gasteiger partial charge on any atom is 0.253 e. The molecular weight excluding hydrogens is 224 g/mol. The molecule has 1 heterocycles. The largest absolute Gasteiger partial charge is 0.314 e. The van der Waals surface area contributed by atoms with Crippen molar-refractivity contribution in [3.63, 3.8) is 0 Å². The lowest BCUT2D eigenvalue weighted by molar-refractivity contribution is 0.299. The number of hydrogen-bond acceptors (Lipinski definition) is 2. The van der Waals surface area contributed by atoms with Gasteiger partial charge in [0.15, 0.2) is 0 Å². The van der Waals surface area contributed by atoms with Crippen LogP contribution in [-0.2, 0) is 6.54 Å². The van der Waals surface area contributed by atoms with E-state index in [4.69, 9.17) is 0 Å². The smallest absolute Gasteiger partial charge is 0.253 e. The van der Waals surface area contributed by atoms with Crippen LogP contribution >= 0.6 is 0 Å². The minimum absolute atomic E-state index is 0.135. The SMILES string of the molecule is Cc1cccn(CCNC2CCCC(C)C2)c1=O. The predicted octanol–water partition coefficient (Wildman–Crippen LogP) is 2.33. The first-order chi connectivity index (χ1) is 8.66. The molecule has 0 aromatic carbocycles. The van der Waals surface area contributed by atoms with Gasteiger partial charge in [-0.3, -0.25) is 4.79 Å². The predicted molar refractivity (Wildman–Crippen MR) is 74.9 cm³/mol. The van der Waals surface area contributed by atoms with E-state index >= 15 is 0 Å². The minimum atomic E-state index is 0.135. The van der Waals surface area contributed by atoms with E-state index in [1.165, 1.54) is 25.7 Å². The molecule has 1 saturated carbocycles. The normalized spacial score (nSPS) is 24.1. The van der Waals surface area contributed by atoms with Crippen molar-refractivity contribution >= 4 is 0 Å². The molecule has 0 aliphatic heterocycles. The number of pyridine rings is 1. The first kappa shape index (κ1) is 13.3. The second-order valence-corrected chi connectivity index (χ2v) is 5.61.